The molecule has 1 heterocycles. The summed E-state index contributed by atoms with van der Waals surface area (Å²) in [6, 6.07) is 13.3. The molecule has 0 saturated carbocycles. The summed E-state index contributed by atoms with van der Waals surface area (Å²) in [6.07, 6.45) is 0.988. The van der Waals surface area contributed by atoms with Gasteiger partial charge in [0.15, 0.2) is 0 Å². The van der Waals surface area contributed by atoms with Gasteiger partial charge in [0.25, 0.3) is 5.56 Å². The van der Waals surface area contributed by atoms with Crippen LogP contribution in [0.5, 0.6) is 0 Å². The van der Waals surface area contributed by atoms with Crippen LogP contribution in [0.25, 0.3) is 10.9 Å². The van der Waals surface area contributed by atoms with Gasteiger partial charge in [-0.1, -0.05) is 42.3 Å². The second kappa shape index (κ2) is 9.25. The number of aromatic nitrogens is 1. The van der Waals surface area contributed by atoms with E-state index in [4.69, 9.17) is 11.6 Å². The standard InChI is InChI=1S/C23H25ClN2O3/c1-3-16-5-6-17(20(24)11-16)13-22(28)26(8-9-27)14-19-12-18-10-15(2)4-7-21(18)25-23(19)29/h4-7,10-12,27H,3,8-9,13-14H2,1-2H3,(H,25,29). The van der Waals surface area contributed by atoms with E-state index in [1.165, 1.54) is 4.90 Å². The van der Waals surface area contributed by atoms with Crippen LogP contribution in [0, 0.1) is 6.92 Å². The lowest BCUT2D eigenvalue weighted by Crippen LogP contribution is -2.36. The number of carbonyl (C=O) groups excluding carboxylic acids is 1. The molecular formula is C23H25ClN2O3. The van der Waals surface area contributed by atoms with Crippen molar-refractivity contribution in [2.75, 3.05) is 13.2 Å². The molecule has 0 saturated heterocycles. The van der Waals surface area contributed by atoms with Crippen LogP contribution in [-0.2, 0) is 24.2 Å². The van der Waals surface area contributed by atoms with Gasteiger partial charge in [0.2, 0.25) is 5.91 Å². The van der Waals surface area contributed by atoms with Crippen LogP contribution in [-0.4, -0.2) is 34.0 Å². The van der Waals surface area contributed by atoms with Crippen molar-refractivity contribution in [2.45, 2.75) is 33.2 Å². The molecule has 0 bridgehead atoms. The van der Waals surface area contributed by atoms with Crippen LogP contribution in [0.15, 0.2) is 47.3 Å². The molecule has 3 aromatic rings. The van der Waals surface area contributed by atoms with Crippen molar-refractivity contribution in [2.24, 2.45) is 0 Å². The van der Waals surface area contributed by atoms with Gasteiger partial charge < -0.3 is 15.0 Å². The Hall–Kier alpha value is -2.63. The number of amides is 1. The third kappa shape index (κ3) is 5.05. The van der Waals surface area contributed by atoms with Crippen molar-refractivity contribution < 1.29 is 9.90 Å². The minimum atomic E-state index is -0.234. The number of H-pyrrole nitrogens is 1. The Bertz CT molecular complexity index is 1090. The summed E-state index contributed by atoms with van der Waals surface area (Å²) in [7, 11) is 0. The highest BCUT2D eigenvalue weighted by atomic mass is 35.5. The Morgan fingerprint density at radius 2 is 1.93 bits per heavy atom. The van der Waals surface area contributed by atoms with Crippen molar-refractivity contribution in [3.63, 3.8) is 0 Å². The van der Waals surface area contributed by atoms with Crippen LogP contribution in [0.1, 0.15) is 29.2 Å². The molecule has 0 aliphatic heterocycles. The summed E-state index contributed by atoms with van der Waals surface area (Å²) in [5.41, 5.74) is 3.94. The van der Waals surface area contributed by atoms with Gasteiger partial charge >= 0.3 is 0 Å². The molecule has 5 nitrogen and oxygen atoms in total. The Kier molecular flexibility index (Phi) is 6.72. The SMILES string of the molecule is CCc1ccc(CC(=O)N(CCO)Cc2cc3cc(C)ccc3[nH]c2=O)c(Cl)c1. The summed E-state index contributed by atoms with van der Waals surface area (Å²) in [4.78, 5) is 29.7. The first-order valence-corrected chi connectivity index (χ1v) is 10.1. The number of aliphatic hydroxyl groups excluding tert-OH is 1. The molecule has 3 rings (SSSR count). The smallest absolute Gasteiger partial charge is 0.253 e. The monoisotopic (exact) mass is 412 g/mol. The number of hydrogen-bond donors (Lipinski definition) is 2. The van der Waals surface area contributed by atoms with E-state index in [9.17, 15) is 14.7 Å². The zero-order chi connectivity index (χ0) is 21.0. The minimum absolute atomic E-state index is 0.118. The molecule has 1 amide bonds. The van der Waals surface area contributed by atoms with Gasteiger partial charge in [0.05, 0.1) is 19.6 Å². The number of halogens is 1. The zero-order valence-electron chi connectivity index (χ0n) is 16.7. The number of aromatic amines is 1. The summed E-state index contributed by atoms with van der Waals surface area (Å²) in [6.45, 7) is 4.12. The van der Waals surface area contributed by atoms with E-state index in [1.807, 2.05) is 56.3 Å². The molecule has 0 fully saturated rings. The van der Waals surface area contributed by atoms with Gasteiger partial charge in [-0.3, -0.25) is 9.59 Å². The molecule has 29 heavy (non-hydrogen) atoms. The first kappa shape index (κ1) is 21.1. The fourth-order valence-electron chi connectivity index (χ4n) is 3.34. The molecule has 0 spiro atoms. The molecule has 1 aromatic heterocycles. The van der Waals surface area contributed by atoms with Crippen LogP contribution < -0.4 is 5.56 Å². The van der Waals surface area contributed by atoms with Crippen molar-refractivity contribution >= 4 is 28.4 Å². The second-order valence-electron chi connectivity index (χ2n) is 7.21. The van der Waals surface area contributed by atoms with E-state index in [0.29, 0.717) is 10.6 Å². The van der Waals surface area contributed by atoms with E-state index in [2.05, 4.69) is 4.98 Å². The molecule has 0 radical (unpaired) electrons. The summed E-state index contributed by atoms with van der Waals surface area (Å²) < 4.78 is 0. The predicted octanol–water partition coefficient (Wildman–Crippen LogP) is 3.62. The van der Waals surface area contributed by atoms with Crippen molar-refractivity contribution in [3.8, 4) is 0 Å². The van der Waals surface area contributed by atoms with Gasteiger partial charge in [-0.05, 0) is 54.1 Å². The zero-order valence-corrected chi connectivity index (χ0v) is 17.4. The molecular weight excluding hydrogens is 388 g/mol. The first-order chi connectivity index (χ1) is 13.9. The Balaban J connectivity index is 1.84. The Morgan fingerprint density at radius 3 is 2.62 bits per heavy atom. The third-order valence-corrected chi connectivity index (χ3v) is 5.38. The van der Waals surface area contributed by atoms with Crippen LogP contribution in [0.2, 0.25) is 5.02 Å². The maximum absolute atomic E-state index is 12.9. The average molecular weight is 413 g/mol. The van der Waals surface area contributed by atoms with Crippen LogP contribution in [0.4, 0.5) is 0 Å². The first-order valence-electron chi connectivity index (χ1n) is 9.69. The summed E-state index contributed by atoms with van der Waals surface area (Å²) in [5, 5.41) is 10.9. The highest BCUT2D eigenvalue weighted by Gasteiger charge is 2.17. The van der Waals surface area contributed by atoms with Gasteiger partial charge in [-0.2, -0.15) is 0 Å². The average Bonchev–Trinajstić information content (AvgIpc) is 2.69. The lowest BCUT2D eigenvalue weighted by atomic mass is 10.1. The number of fused-ring (bicyclic) bond motifs is 1. The molecule has 0 atom stereocenters. The van der Waals surface area contributed by atoms with Crippen LogP contribution in [0.3, 0.4) is 0 Å². The normalized spacial score (nSPS) is 11.0. The number of aryl methyl sites for hydroxylation is 2. The predicted molar refractivity (Wildman–Crippen MR) is 116 cm³/mol. The highest BCUT2D eigenvalue weighted by molar-refractivity contribution is 6.31. The number of nitrogens with one attached hydrogen (secondary N) is 1. The largest absolute Gasteiger partial charge is 0.395 e. The number of hydrogen-bond acceptors (Lipinski definition) is 3. The number of rotatable bonds is 7. The molecule has 2 N–H and O–H groups in total. The van der Waals surface area contributed by atoms with Crippen molar-refractivity contribution in [1.82, 2.24) is 9.88 Å². The summed E-state index contributed by atoms with van der Waals surface area (Å²) in [5.74, 6) is -0.186. The Morgan fingerprint density at radius 1 is 1.14 bits per heavy atom. The fraction of sp³-hybridized carbons (Fsp3) is 0.304. The maximum Gasteiger partial charge on any atom is 0.253 e. The number of benzene rings is 2. The van der Waals surface area contributed by atoms with Crippen molar-refractivity contribution in [3.05, 3.63) is 80.1 Å². The van der Waals surface area contributed by atoms with Crippen molar-refractivity contribution in [1.29, 1.82) is 0 Å². The second-order valence-corrected chi connectivity index (χ2v) is 7.62. The molecule has 0 aliphatic rings. The molecule has 0 unspecified atom stereocenters. The highest BCUT2D eigenvalue weighted by Crippen LogP contribution is 2.20. The van der Waals surface area contributed by atoms with Gasteiger partial charge in [0, 0.05) is 22.6 Å². The van der Waals surface area contributed by atoms with E-state index in [0.717, 1.165) is 34.0 Å². The number of carbonyl (C=O) groups is 1. The van der Waals surface area contributed by atoms with Gasteiger partial charge in [-0.15, -0.1) is 0 Å². The number of nitrogens with zero attached hydrogens (tertiary/aromatic N) is 1. The molecule has 2 aromatic carbocycles. The summed E-state index contributed by atoms with van der Waals surface area (Å²) >= 11 is 6.32. The number of aliphatic hydroxyl groups is 1. The Labute approximate surface area is 174 Å². The van der Waals surface area contributed by atoms with E-state index >= 15 is 0 Å². The molecule has 0 aliphatic carbocycles. The molecule has 152 valence electrons. The van der Waals surface area contributed by atoms with Gasteiger partial charge in [-0.25, -0.2) is 0 Å². The fourth-order valence-corrected chi connectivity index (χ4v) is 3.61. The molecule has 6 heteroatoms. The lowest BCUT2D eigenvalue weighted by molar-refractivity contribution is -0.131. The van der Waals surface area contributed by atoms with Gasteiger partial charge in [0.1, 0.15) is 0 Å². The number of pyridine rings is 1. The van der Waals surface area contributed by atoms with E-state index in [1.54, 1.807) is 0 Å². The quantitative estimate of drug-likeness (QED) is 0.622. The lowest BCUT2D eigenvalue weighted by Gasteiger charge is -2.22. The van der Waals surface area contributed by atoms with Crippen LogP contribution >= 0.6 is 11.6 Å². The minimum Gasteiger partial charge on any atom is -0.395 e. The van der Waals surface area contributed by atoms with E-state index < -0.39 is 0 Å². The maximum atomic E-state index is 12.9. The third-order valence-electron chi connectivity index (χ3n) is 5.03. The van der Waals surface area contributed by atoms with E-state index in [-0.39, 0.29) is 37.6 Å². The topological polar surface area (TPSA) is 73.4 Å².